The minimum atomic E-state index is -0.194. The van der Waals surface area contributed by atoms with E-state index in [0.717, 1.165) is 50.1 Å². The molecular formula is C20H29N3O2. The van der Waals surface area contributed by atoms with Crippen LogP contribution in [0.15, 0.2) is 0 Å². The topological polar surface area (TPSA) is 73.2 Å². The Kier molecular flexibility index (Phi) is 4.47. The van der Waals surface area contributed by atoms with Gasteiger partial charge in [-0.05, 0) is 74.5 Å². The van der Waals surface area contributed by atoms with Gasteiger partial charge in [-0.15, -0.1) is 0 Å². The van der Waals surface area contributed by atoms with Gasteiger partial charge in [0.1, 0.15) is 6.42 Å². The third-order valence-corrected chi connectivity index (χ3v) is 7.14. The van der Waals surface area contributed by atoms with Crippen molar-refractivity contribution in [1.82, 2.24) is 10.2 Å². The minimum Gasteiger partial charge on any atom is -0.352 e. The van der Waals surface area contributed by atoms with Crippen molar-refractivity contribution in [2.24, 2.45) is 23.2 Å². The predicted molar refractivity (Wildman–Crippen MR) is 93.2 cm³/mol. The van der Waals surface area contributed by atoms with E-state index in [1.54, 1.807) is 0 Å². The zero-order chi connectivity index (χ0) is 17.4. The largest absolute Gasteiger partial charge is 0.352 e. The molecule has 1 heterocycles. The molecule has 0 aromatic heterocycles. The molecule has 1 aliphatic heterocycles. The molecule has 1 N–H and O–H groups in total. The summed E-state index contributed by atoms with van der Waals surface area (Å²) in [5, 5.41) is 11.5. The fourth-order valence-electron chi connectivity index (χ4n) is 6.56. The van der Waals surface area contributed by atoms with Crippen molar-refractivity contribution in [2.45, 2.75) is 70.3 Å². The van der Waals surface area contributed by atoms with Gasteiger partial charge in [-0.3, -0.25) is 9.59 Å². The van der Waals surface area contributed by atoms with E-state index in [0.29, 0.717) is 11.3 Å². The molecule has 2 amide bonds. The number of nitrogens with zero attached hydrogens (tertiary/aromatic N) is 2. The van der Waals surface area contributed by atoms with E-state index in [2.05, 4.69) is 5.32 Å². The highest BCUT2D eigenvalue weighted by Gasteiger charge is 2.51. The summed E-state index contributed by atoms with van der Waals surface area (Å²) in [6.07, 6.45) is 10.4. The number of hydrogen-bond acceptors (Lipinski definition) is 3. The van der Waals surface area contributed by atoms with Gasteiger partial charge in [-0.2, -0.15) is 5.26 Å². The Balaban J connectivity index is 1.28. The van der Waals surface area contributed by atoms with Crippen LogP contribution in [-0.2, 0) is 9.59 Å². The third kappa shape index (κ3) is 3.54. The van der Waals surface area contributed by atoms with Crippen LogP contribution in [-0.4, -0.2) is 35.8 Å². The summed E-state index contributed by atoms with van der Waals surface area (Å²) in [5.41, 5.74) is 0.309. The molecule has 5 heteroatoms. The maximum atomic E-state index is 12.9. The molecule has 0 spiro atoms. The Labute approximate surface area is 150 Å². The van der Waals surface area contributed by atoms with E-state index in [1.165, 1.54) is 38.5 Å². The smallest absolute Gasteiger partial charge is 0.234 e. The van der Waals surface area contributed by atoms with Gasteiger partial charge in [-0.25, -0.2) is 0 Å². The number of likely N-dealkylation sites (tertiary alicyclic amines) is 1. The molecule has 4 aliphatic carbocycles. The number of hydrogen-bond donors (Lipinski definition) is 1. The first-order valence-corrected chi connectivity index (χ1v) is 9.99. The number of amides is 2. The summed E-state index contributed by atoms with van der Waals surface area (Å²) >= 11 is 0. The summed E-state index contributed by atoms with van der Waals surface area (Å²) in [5.74, 6) is 2.81. The van der Waals surface area contributed by atoms with Crippen molar-refractivity contribution < 1.29 is 9.59 Å². The number of carbonyl (C=O) groups excluding carboxylic acids is 2. The molecule has 0 unspecified atom stereocenters. The van der Waals surface area contributed by atoms with Crippen LogP contribution < -0.4 is 5.32 Å². The van der Waals surface area contributed by atoms with Crippen molar-refractivity contribution in [3.05, 3.63) is 0 Å². The Morgan fingerprint density at radius 3 is 2.12 bits per heavy atom. The maximum absolute atomic E-state index is 12.9. The average Bonchev–Trinajstić information content (AvgIpc) is 2.54. The first kappa shape index (κ1) is 16.9. The van der Waals surface area contributed by atoms with Gasteiger partial charge in [0.2, 0.25) is 11.8 Å². The van der Waals surface area contributed by atoms with Crippen LogP contribution in [0, 0.1) is 34.5 Å². The zero-order valence-electron chi connectivity index (χ0n) is 15.0. The van der Waals surface area contributed by atoms with Crippen LogP contribution in [0.3, 0.4) is 0 Å². The molecule has 5 fully saturated rings. The number of rotatable bonds is 4. The van der Waals surface area contributed by atoms with Crippen LogP contribution >= 0.6 is 0 Å². The second-order valence-electron chi connectivity index (χ2n) is 9.15. The van der Waals surface area contributed by atoms with Crippen molar-refractivity contribution in [1.29, 1.82) is 5.26 Å². The lowest BCUT2D eigenvalue weighted by Gasteiger charge is -2.57. The third-order valence-electron chi connectivity index (χ3n) is 7.14. The second-order valence-corrected chi connectivity index (χ2v) is 9.15. The minimum absolute atomic E-state index is 0.0782. The molecule has 5 rings (SSSR count). The van der Waals surface area contributed by atoms with Gasteiger partial charge in [0.25, 0.3) is 0 Å². The predicted octanol–water partition coefficient (Wildman–Crippen LogP) is 2.61. The van der Waals surface area contributed by atoms with E-state index < -0.39 is 0 Å². The number of piperidine rings is 1. The van der Waals surface area contributed by atoms with Crippen LogP contribution in [0.1, 0.15) is 64.2 Å². The van der Waals surface area contributed by atoms with E-state index in [1.807, 2.05) is 11.0 Å². The SMILES string of the molecule is N#CCC(=O)NC1CCN(C(=O)CC23CC4CC(CC(C4)C2)C3)CC1. The molecular weight excluding hydrogens is 314 g/mol. The number of nitrogens with one attached hydrogen (secondary N) is 1. The molecule has 0 atom stereocenters. The monoisotopic (exact) mass is 343 g/mol. The van der Waals surface area contributed by atoms with Gasteiger partial charge in [0, 0.05) is 25.6 Å². The van der Waals surface area contributed by atoms with Gasteiger partial charge in [-0.1, -0.05) is 0 Å². The molecule has 0 radical (unpaired) electrons. The van der Waals surface area contributed by atoms with Gasteiger partial charge >= 0.3 is 0 Å². The molecule has 136 valence electrons. The van der Waals surface area contributed by atoms with Crippen LogP contribution in [0.25, 0.3) is 0 Å². The Morgan fingerprint density at radius 1 is 1.04 bits per heavy atom. The van der Waals surface area contributed by atoms with Crippen LogP contribution in [0.4, 0.5) is 0 Å². The van der Waals surface area contributed by atoms with Crippen LogP contribution in [0.5, 0.6) is 0 Å². The second kappa shape index (κ2) is 6.63. The summed E-state index contributed by atoms with van der Waals surface area (Å²) < 4.78 is 0. The summed E-state index contributed by atoms with van der Waals surface area (Å²) in [6, 6.07) is 1.99. The molecule has 5 aliphatic rings. The first-order chi connectivity index (χ1) is 12.0. The lowest BCUT2D eigenvalue weighted by Crippen LogP contribution is -2.50. The molecule has 25 heavy (non-hydrogen) atoms. The van der Waals surface area contributed by atoms with Crippen molar-refractivity contribution in [3.63, 3.8) is 0 Å². The van der Waals surface area contributed by atoms with Crippen molar-refractivity contribution in [3.8, 4) is 6.07 Å². The average molecular weight is 343 g/mol. The summed E-state index contributed by atoms with van der Waals surface area (Å²) in [6.45, 7) is 1.48. The molecule has 4 bridgehead atoms. The fraction of sp³-hybridized carbons (Fsp3) is 0.850. The first-order valence-electron chi connectivity index (χ1n) is 9.99. The van der Waals surface area contributed by atoms with E-state index in [-0.39, 0.29) is 18.4 Å². The highest BCUT2D eigenvalue weighted by molar-refractivity contribution is 5.79. The van der Waals surface area contributed by atoms with E-state index >= 15 is 0 Å². The zero-order valence-corrected chi connectivity index (χ0v) is 15.0. The molecule has 4 saturated carbocycles. The van der Waals surface area contributed by atoms with Gasteiger partial charge < -0.3 is 10.2 Å². The van der Waals surface area contributed by atoms with E-state index in [9.17, 15) is 9.59 Å². The van der Waals surface area contributed by atoms with Crippen molar-refractivity contribution in [2.75, 3.05) is 13.1 Å². The molecule has 5 nitrogen and oxygen atoms in total. The Bertz CT molecular complexity index is 551. The van der Waals surface area contributed by atoms with Crippen LogP contribution in [0.2, 0.25) is 0 Å². The number of nitriles is 1. The highest BCUT2D eigenvalue weighted by Crippen LogP contribution is 2.61. The summed E-state index contributed by atoms with van der Waals surface area (Å²) in [7, 11) is 0. The fourth-order valence-corrected chi connectivity index (χ4v) is 6.56. The summed E-state index contributed by atoms with van der Waals surface area (Å²) in [4.78, 5) is 26.5. The van der Waals surface area contributed by atoms with Gasteiger partial charge in [0.15, 0.2) is 0 Å². The lowest BCUT2D eigenvalue weighted by molar-refractivity contribution is -0.140. The number of carbonyl (C=O) groups is 2. The quantitative estimate of drug-likeness (QED) is 0.853. The standard InChI is InChI=1S/C20H29N3O2/c21-4-1-18(24)22-17-2-5-23(6-3-17)19(25)13-20-10-14-7-15(11-20)9-16(8-14)12-20/h14-17H,1-3,5-13H2,(H,22,24). The lowest BCUT2D eigenvalue weighted by atomic mass is 9.49. The normalized spacial score (nSPS) is 36.9. The molecule has 0 aromatic carbocycles. The molecule has 0 aromatic rings. The highest BCUT2D eigenvalue weighted by atomic mass is 16.2. The van der Waals surface area contributed by atoms with E-state index in [4.69, 9.17) is 5.26 Å². The Morgan fingerprint density at radius 2 is 1.60 bits per heavy atom. The maximum Gasteiger partial charge on any atom is 0.234 e. The van der Waals surface area contributed by atoms with Crippen molar-refractivity contribution >= 4 is 11.8 Å². The van der Waals surface area contributed by atoms with Gasteiger partial charge in [0.05, 0.1) is 6.07 Å². The Hall–Kier alpha value is -1.57. The molecule has 1 saturated heterocycles.